The lowest BCUT2D eigenvalue weighted by molar-refractivity contribution is -0.141. The fraction of sp³-hybridized carbons (Fsp3) is 0.474. The molecule has 0 bridgehead atoms. The van der Waals surface area contributed by atoms with Gasteiger partial charge in [0, 0.05) is 25.5 Å². The minimum atomic E-state index is -1.11. The zero-order chi connectivity index (χ0) is 20.5. The SMILES string of the molecule is CCC(=O)CCC/C=C/C=C/C=C/C(=O)N[C@@H](CCCN=C(N)N)C(=O)O. The van der Waals surface area contributed by atoms with Crippen LogP contribution < -0.4 is 16.8 Å². The number of hydrogen-bond donors (Lipinski definition) is 4. The molecule has 1 atom stereocenters. The Kier molecular flexibility index (Phi) is 13.7. The van der Waals surface area contributed by atoms with Gasteiger partial charge < -0.3 is 21.9 Å². The predicted molar refractivity (Wildman–Crippen MR) is 106 cm³/mol. The number of Topliss-reactive ketones (excluding diaryl/α,β-unsaturated/α-hetero) is 1. The van der Waals surface area contributed by atoms with E-state index in [4.69, 9.17) is 16.6 Å². The van der Waals surface area contributed by atoms with Crippen LogP contribution in [0.5, 0.6) is 0 Å². The molecule has 0 spiro atoms. The standard InChI is InChI=1S/C19H30N4O4/c1-2-15(24)11-8-6-4-3-5-7-9-13-17(25)23-16(18(26)27)12-10-14-22-19(20)21/h3-5,7,9,13,16H,2,6,8,10-12,14H2,1H3,(H,23,25)(H,26,27)(H4,20,21,22)/b4-3+,7-5+,13-9+/t16-/m0/s1. The van der Waals surface area contributed by atoms with Gasteiger partial charge in [-0.05, 0) is 25.7 Å². The van der Waals surface area contributed by atoms with Gasteiger partial charge in [0.1, 0.15) is 11.8 Å². The van der Waals surface area contributed by atoms with Crippen molar-refractivity contribution in [3.63, 3.8) is 0 Å². The number of unbranched alkanes of at least 4 members (excludes halogenated alkanes) is 1. The summed E-state index contributed by atoms with van der Waals surface area (Å²) < 4.78 is 0. The molecule has 0 fully saturated rings. The first-order chi connectivity index (χ1) is 12.9. The van der Waals surface area contributed by atoms with E-state index in [1.54, 1.807) is 12.2 Å². The average molecular weight is 378 g/mol. The molecule has 0 aliphatic rings. The molecule has 0 saturated carbocycles. The number of nitrogens with two attached hydrogens (primary N) is 2. The summed E-state index contributed by atoms with van der Waals surface area (Å²) in [6.45, 7) is 2.16. The molecule has 150 valence electrons. The number of allylic oxidation sites excluding steroid dienone is 5. The third kappa shape index (κ3) is 15.1. The third-order valence-electron chi connectivity index (χ3n) is 3.50. The van der Waals surface area contributed by atoms with E-state index < -0.39 is 17.9 Å². The van der Waals surface area contributed by atoms with Crippen LogP contribution in [-0.2, 0) is 14.4 Å². The minimum absolute atomic E-state index is 0.0517. The zero-order valence-corrected chi connectivity index (χ0v) is 15.8. The molecule has 0 rings (SSSR count). The highest BCUT2D eigenvalue weighted by Gasteiger charge is 2.17. The van der Waals surface area contributed by atoms with Crippen LogP contribution in [0.25, 0.3) is 0 Å². The molecule has 6 N–H and O–H groups in total. The Bertz CT molecular complexity index is 591. The third-order valence-corrected chi connectivity index (χ3v) is 3.50. The van der Waals surface area contributed by atoms with Gasteiger partial charge in [-0.1, -0.05) is 37.3 Å². The van der Waals surface area contributed by atoms with Crippen LogP contribution in [0.1, 0.15) is 45.4 Å². The van der Waals surface area contributed by atoms with Crippen molar-refractivity contribution in [2.24, 2.45) is 16.5 Å². The Balaban J connectivity index is 4.15. The highest BCUT2D eigenvalue weighted by atomic mass is 16.4. The summed E-state index contributed by atoms with van der Waals surface area (Å²) in [6.07, 6.45) is 13.5. The molecule has 0 saturated heterocycles. The maximum atomic E-state index is 11.8. The highest BCUT2D eigenvalue weighted by molar-refractivity contribution is 5.91. The Morgan fingerprint density at radius 2 is 1.81 bits per heavy atom. The van der Waals surface area contributed by atoms with Crippen molar-refractivity contribution < 1.29 is 19.5 Å². The van der Waals surface area contributed by atoms with E-state index in [-0.39, 0.29) is 18.2 Å². The topological polar surface area (TPSA) is 148 Å². The summed E-state index contributed by atoms with van der Waals surface area (Å²) in [5.74, 6) is -1.38. The molecule has 0 unspecified atom stereocenters. The lowest BCUT2D eigenvalue weighted by Crippen LogP contribution is -2.40. The number of rotatable bonds is 14. The molecule has 0 aliphatic carbocycles. The van der Waals surface area contributed by atoms with Crippen LogP contribution in [-0.4, -0.2) is 41.3 Å². The van der Waals surface area contributed by atoms with Gasteiger partial charge in [0.05, 0.1) is 0 Å². The minimum Gasteiger partial charge on any atom is -0.480 e. The van der Waals surface area contributed by atoms with Gasteiger partial charge in [0.2, 0.25) is 5.91 Å². The van der Waals surface area contributed by atoms with E-state index in [0.717, 1.165) is 12.8 Å². The maximum Gasteiger partial charge on any atom is 0.326 e. The van der Waals surface area contributed by atoms with Crippen molar-refractivity contribution in [1.29, 1.82) is 0 Å². The number of hydrogen-bond acceptors (Lipinski definition) is 4. The smallest absolute Gasteiger partial charge is 0.326 e. The van der Waals surface area contributed by atoms with Crippen molar-refractivity contribution in [2.75, 3.05) is 6.54 Å². The molecule has 0 radical (unpaired) electrons. The molecule has 27 heavy (non-hydrogen) atoms. The first-order valence-corrected chi connectivity index (χ1v) is 8.97. The second-order valence-electron chi connectivity index (χ2n) is 5.80. The lowest BCUT2D eigenvalue weighted by atomic mass is 10.1. The fourth-order valence-corrected chi connectivity index (χ4v) is 2.02. The summed E-state index contributed by atoms with van der Waals surface area (Å²) in [7, 11) is 0. The summed E-state index contributed by atoms with van der Waals surface area (Å²) >= 11 is 0. The Labute approximate surface area is 160 Å². The van der Waals surface area contributed by atoms with Crippen LogP contribution in [0, 0.1) is 0 Å². The zero-order valence-electron chi connectivity index (χ0n) is 15.8. The van der Waals surface area contributed by atoms with Gasteiger partial charge in [-0.3, -0.25) is 14.6 Å². The van der Waals surface area contributed by atoms with Crippen molar-refractivity contribution in [1.82, 2.24) is 5.32 Å². The fourth-order valence-electron chi connectivity index (χ4n) is 2.02. The van der Waals surface area contributed by atoms with Crippen LogP contribution in [0.2, 0.25) is 0 Å². The van der Waals surface area contributed by atoms with E-state index in [1.165, 1.54) is 12.2 Å². The number of carbonyl (C=O) groups excluding carboxylic acids is 2. The summed E-state index contributed by atoms with van der Waals surface area (Å²) in [5.41, 5.74) is 10.4. The van der Waals surface area contributed by atoms with E-state index in [0.29, 0.717) is 25.8 Å². The Hall–Kier alpha value is -2.90. The van der Waals surface area contributed by atoms with Crippen molar-refractivity contribution in [3.8, 4) is 0 Å². The summed E-state index contributed by atoms with van der Waals surface area (Å²) in [4.78, 5) is 37.8. The summed E-state index contributed by atoms with van der Waals surface area (Å²) in [5, 5.41) is 11.5. The van der Waals surface area contributed by atoms with E-state index in [2.05, 4.69) is 10.3 Å². The van der Waals surface area contributed by atoms with E-state index >= 15 is 0 Å². The number of carboxylic acids is 1. The number of amides is 1. The first kappa shape index (κ1) is 24.1. The van der Waals surface area contributed by atoms with Gasteiger partial charge in [-0.15, -0.1) is 0 Å². The number of aliphatic carboxylic acids is 1. The van der Waals surface area contributed by atoms with E-state index in [9.17, 15) is 14.4 Å². The van der Waals surface area contributed by atoms with Gasteiger partial charge in [-0.2, -0.15) is 0 Å². The number of guanidine groups is 1. The van der Waals surface area contributed by atoms with Gasteiger partial charge >= 0.3 is 5.97 Å². The van der Waals surface area contributed by atoms with Crippen LogP contribution in [0.15, 0.2) is 41.4 Å². The molecule has 0 aromatic heterocycles. The van der Waals surface area contributed by atoms with Crippen molar-refractivity contribution in [3.05, 3.63) is 36.5 Å². The van der Waals surface area contributed by atoms with Crippen LogP contribution >= 0.6 is 0 Å². The summed E-state index contributed by atoms with van der Waals surface area (Å²) in [6, 6.07) is -0.994. The monoisotopic (exact) mass is 378 g/mol. The molecule has 8 heteroatoms. The van der Waals surface area contributed by atoms with Crippen molar-refractivity contribution >= 4 is 23.6 Å². The van der Waals surface area contributed by atoms with E-state index in [1.807, 2.05) is 19.1 Å². The molecule has 0 heterocycles. The van der Waals surface area contributed by atoms with Gasteiger partial charge in [0.25, 0.3) is 0 Å². The number of carboxylic acid groups (broad SMARTS) is 1. The number of ketones is 1. The molecular weight excluding hydrogens is 348 g/mol. The Morgan fingerprint density at radius 3 is 2.44 bits per heavy atom. The number of nitrogens with zero attached hydrogens (tertiary/aromatic N) is 1. The molecule has 0 aliphatic heterocycles. The predicted octanol–water partition coefficient (Wildman–Crippen LogP) is 1.43. The molecule has 1 amide bonds. The molecule has 0 aromatic carbocycles. The Morgan fingerprint density at radius 1 is 1.11 bits per heavy atom. The largest absolute Gasteiger partial charge is 0.480 e. The quantitative estimate of drug-likeness (QED) is 0.118. The highest BCUT2D eigenvalue weighted by Crippen LogP contribution is 2.00. The van der Waals surface area contributed by atoms with Crippen molar-refractivity contribution in [2.45, 2.75) is 51.5 Å². The molecule has 0 aromatic rings. The number of nitrogens with one attached hydrogen (secondary N) is 1. The van der Waals surface area contributed by atoms with Crippen LogP contribution in [0.4, 0.5) is 0 Å². The van der Waals surface area contributed by atoms with Crippen LogP contribution in [0.3, 0.4) is 0 Å². The lowest BCUT2D eigenvalue weighted by Gasteiger charge is -2.12. The normalized spacial score (nSPS) is 12.5. The second-order valence-corrected chi connectivity index (χ2v) is 5.80. The number of carbonyl (C=O) groups is 3. The molecule has 8 nitrogen and oxygen atoms in total. The number of aliphatic imine (C=N–C) groups is 1. The van der Waals surface area contributed by atoms with Gasteiger partial charge in [0.15, 0.2) is 5.96 Å². The van der Waals surface area contributed by atoms with Gasteiger partial charge in [-0.25, -0.2) is 4.79 Å². The second kappa shape index (κ2) is 15.4. The average Bonchev–Trinajstić information content (AvgIpc) is 2.62. The maximum absolute atomic E-state index is 11.8. The molecular formula is C19H30N4O4. The first-order valence-electron chi connectivity index (χ1n) is 8.97.